The van der Waals surface area contributed by atoms with Crippen LogP contribution in [-0.2, 0) is 0 Å². The van der Waals surface area contributed by atoms with Crippen LogP contribution in [0.3, 0.4) is 0 Å². The zero-order valence-corrected chi connectivity index (χ0v) is 10.5. The van der Waals surface area contributed by atoms with Crippen LogP contribution < -0.4 is 10.1 Å². The molecule has 0 aliphatic heterocycles. The van der Waals surface area contributed by atoms with Crippen LogP contribution >= 0.6 is 0 Å². The van der Waals surface area contributed by atoms with E-state index in [1.54, 1.807) is 6.92 Å². The number of amides is 1. The maximum Gasteiger partial charge on any atom is 0.311 e. The average Bonchev–Trinajstić information content (AvgIpc) is 2.37. The molecule has 1 unspecified atom stereocenters. The Kier molecular flexibility index (Phi) is 4.83. The Morgan fingerprint density at radius 1 is 1.63 bits per heavy atom. The first-order chi connectivity index (χ1) is 8.99. The first-order valence-electron chi connectivity index (χ1n) is 5.49. The molecule has 1 aromatic rings. The first kappa shape index (κ1) is 14.4. The average molecular weight is 263 g/mol. The number of nitro groups is 1. The number of ether oxygens (including phenoxy) is 1. The maximum atomic E-state index is 11.8. The number of hydrogen-bond donors (Lipinski definition) is 1. The highest BCUT2D eigenvalue weighted by Gasteiger charge is 2.18. The molecule has 19 heavy (non-hydrogen) atoms. The van der Waals surface area contributed by atoms with Gasteiger partial charge in [-0.3, -0.25) is 14.9 Å². The highest BCUT2D eigenvalue weighted by molar-refractivity contribution is 5.95. The summed E-state index contributed by atoms with van der Waals surface area (Å²) in [6.45, 7) is 1.68. The van der Waals surface area contributed by atoms with Crippen LogP contribution in [0.5, 0.6) is 5.75 Å². The van der Waals surface area contributed by atoms with Crippen LogP contribution in [0.4, 0.5) is 5.69 Å². The summed E-state index contributed by atoms with van der Waals surface area (Å²) in [6.07, 6.45) is 0.171. The lowest BCUT2D eigenvalue weighted by molar-refractivity contribution is -0.385. The van der Waals surface area contributed by atoms with Crippen molar-refractivity contribution >= 4 is 11.6 Å². The lowest BCUT2D eigenvalue weighted by Crippen LogP contribution is -2.32. The highest BCUT2D eigenvalue weighted by atomic mass is 16.6. The molecule has 0 saturated carbocycles. The molecule has 7 heteroatoms. The predicted octanol–water partition coefficient (Wildman–Crippen LogP) is 1.64. The molecule has 0 aromatic heterocycles. The molecule has 0 aliphatic rings. The van der Waals surface area contributed by atoms with E-state index in [4.69, 9.17) is 10.00 Å². The normalized spacial score (nSPS) is 11.2. The summed E-state index contributed by atoms with van der Waals surface area (Å²) in [5.74, 6) is -0.375. The second-order valence-electron chi connectivity index (χ2n) is 3.88. The number of rotatable bonds is 5. The Labute approximate surface area is 109 Å². The van der Waals surface area contributed by atoms with E-state index < -0.39 is 10.8 Å². The van der Waals surface area contributed by atoms with Crippen molar-refractivity contribution in [1.29, 1.82) is 5.26 Å². The van der Waals surface area contributed by atoms with Gasteiger partial charge in [0, 0.05) is 17.7 Å². The third-order valence-electron chi connectivity index (χ3n) is 2.41. The van der Waals surface area contributed by atoms with Crippen molar-refractivity contribution in [3.05, 3.63) is 33.9 Å². The van der Waals surface area contributed by atoms with Crippen molar-refractivity contribution in [2.24, 2.45) is 0 Å². The van der Waals surface area contributed by atoms with E-state index >= 15 is 0 Å². The maximum absolute atomic E-state index is 11.8. The molecule has 0 bridgehead atoms. The van der Waals surface area contributed by atoms with Gasteiger partial charge < -0.3 is 10.1 Å². The molecule has 100 valence electrons. The molecule has 1 atom stereocenters. The van der Waals surface area contributed by atoms with Crippen LogP contribution in [0.15, 0.2) is 18.2 Å². The van der Waals surface area contributed by atoms with Gasteiger partial charge in [0.2, 0.25) is 0 Å². The highest BCUT2D eigenvalue weighted by Crippen LogP contribution is 2.27. The molecule has 0 aliphatic carbocycles. The molecule has 0 radical (unpaired) electrons. The van der Waals surface area contributed by atoms with Crippen molar-refractivity contribution in [3.8, 4) is 11.8 Å². The molecular weight excluding hydrogens is 250 g/mol. The van der Waals surface area contributed by atoms with Gasteiger partial charge in [-0.25, -0.2) is 0 Å². The smallest absolute Gasteiger partial charge is 0.311 e. The number of hydrogen-bond acceptors (Lipinski definition) is 5. The summed E-state index contributed by atoms with van der Waals surface area (Å²) in [5, 5.41) is 21.9. The fraction of sp³-hybridized carbons (Fsp3) is 0.333. The number of carbonyl (C=O) groups is 1. The summed E-state index contributed by atoms with van der Waals surface area (Å²) in [6, 6.07) is 5.55. The summed E-state index contributed by atoms with van der Waals surface area (Å²) in [5.41, 5.74) is -0.125. The number of carbonyl (C=O) groups excluding carboxylic acids is 1. The van der Waals surface area contributed by atoms with Crippen molar-refractivity contribution < 1.29 is 14.5 Å². The minimum atomic E-state index is -0.617. The summed E-state index contributed by atoms with van der Waals surface area (Å²) < 4.78 is 4.84. The number of nitrogens with zero attached hydrogens (tertiary/aromatic N) is 2. The molecule has 0 heterocycles. The summed E-state index contributed by atoms with van der Waals surface area (Å²) in [7, 11) is 1.32. The van der Waals surface area contributed by atoms with Gasteiger partial charge in [0.25, 0.3) is 5.91 Å². The number of nitrogens with one attached hydrogen (secondary N) is 1. The van der Waals surface area contributed by atoms with Gasteiger partial charge in [0.1, 0.15) is 0 Å². The molecule has 1 rings (SSSR count). The van der Waals surface area contributed by atoms with E-state index in [2.05, 4.69) is 5.32 Å². The Balaban J connectivity index is 2.96. The van der Waals surface area contributed by atoms with Gasteiger partial charge in [-0.2, -0.15) is 5.26 Å². The van der Waals surface area contributed by atoms with E-state index in [0.29, 0.717) is 0 Å². The molecule has 0 saturated heterocycles. The minimum Gasteiger partial charge on any atom is -0.490 e. The molecular formula is C12H13N3O4. The second-order valence-corrected chi connectivity index (χ2v) is 3.88. The lowest BCUT2D eigenvalue weighted by atomic mass is 10.1. The fourth-order valence-corrected chi connectivity index (χ4v) is 1.47. The second kappa shape index (κ2) is 6.35. The Morgan fingerprint density at radius 3 is 2.84 bits per heavy atom. The summed E-state index contributed by atoms with van der Waals surface area (Å²) >= 11 is 0. The topological polar surface area (TPSA) is 105 Å². The molecule has 0 fully saturated rings. The Morgan fingerprint density at radius 2 is 2.32 bits per heavy atom. The quantitative estimate of drug-likeness (QED) is 0.642. The number of methoxy groups -OCH3 is 1. The monoisotopic (exact) mass is 263 g/mol. The SMILES string of the molecule is COc1ccc(C(=O)NC(C)CC#N)cc1[N+](=O)[O-]. The van der Waals surface area contributed by atoms with Gasteiger partial charge >= 0.3 is 5.69 Å². The van der Waals surface area contributed by atoms with Crippen molar-refractivity contribution in [2.45, 2.75) is 19.4 Å². The van der Waals surface area contributed by atoms with E-state index in [1.165, 1.54) is 19.2 Å². The van der Waals surface area contributed by atoms with E-state index in [9.17, 15) is 14.9 Å². The zero-order chi connectivity index (χ0) is 14.4. The molecule has 1 N–H and O–H groups in total. The molecule has 7 nitrogen and oxygen atoms in total. The number of nitriles is 1. The fourth-order valence-electron chi connectivity index (χ4n) is 1.47. The standard InChI is InChI=1S/C12H13N3O4/c1-8(5-6-13)14-12(16)9-3-4-11(19-2)10(7-9)15(17)18/h3-4,7-8H,5H2,1-2H3,(H,14,16). The molecule has 0 spiro atoms. The minimum absolute atomic E-state index is 0.0895. The van der Waals surface area contributed by atoms with Gasteiger partial charge in [-0.05, 0) is 19.1 Å². The van der Waals surface area contributed by atoms with Crippen molar-refractivity contribution in [1.82, 2.24) is 5.32 Å². The third kappa shape index (κ3) is 3.67. The van der Waals surface area contributed by atoms with Crippen molar-refractivity contribution in [2.75, 3.05) is 7.11 Å². The van der Waals surface area contributed by atoms with Gasteiger partial charge in [0.15, 0.2) is 5.75 Å². The Bertz CT molecular complexity index is 536. The van der Waals surface area contributed by atoms with E-state index in [0.717, 1.165) is 6.07 Å². The summed E-state index contributed by atoms with van der Waals surface area (Å²) in [4.78, 5) is 22.0. The lowest BCUT2D eigenvalue weighted by Gasteiger charge is -2.10. The van der Waals surface area contributed by atoms with Crippen LogP contribution in [0, 0.1) is 21.4 Å². The van der Waals surface area contributed by atoms with Crippen LogP contribution in [0.25, 0.3) is 0 Å². The number of nitro benzene ring substituents is 1. The molecule has 1 amide bonds. The van der Waals surface area contributed by atoms with Crippen LogP contribution in [0.1, 0.15) is 23.7 Å². The number of benzene rings is 1. The largest absolute Gasteiger partial charge is 0.490 e. The van der Waals surface area contributed by atoms with Crippen LogP contribution in [-0.4, -0.2) is 24.0 Å². The Hall–Kier alpha value is -2.62. The van der Waals surface area contributed by atoms with Gasteiger partial charge in [0.05, 0.1) is 24.5 Å². The first-order valence-corrected chi connectivity index (χ1v) is 5.49. The van der Waals surface area contributed by atoms with Crippen molar-refractivity contribution in [3.63, 3.8) is 0 Å². The van der Waals surface area contributed by atoms with E-state index in [-0.39, 0.29) is 29.5 Å². The van der Waals surface area contributed by atoms with Gasteiger partial charge in [-0.15, -0.1) is 0 Å². The van der Waals surface area contributed by atoms with Crippen LogP contribution in [0.2, 0.25) is 0 Å². The van der Waals surface area contributed by atoms with Gasteiger partial charge in [-0.1, -0.05) is 0 Å². The zero-order valence-electron chi connectivity index (χ0n) is 10.5. The van der Waals surface area contributed by atoms with E-state index in [1.807, 2.05) is 6.07 Å². The third-order valence-corrected chi connectivity index (χ3v) is 2.41. The predicted molar refractivity (Wildman–Crippen MR) is 66.8 cm³/mol. The molecule has 1 aromatic carbocycles.